The second kappa shape index (κ2) is 9.42. The summed E-state index contributed by atoms with van der Waals surface area (Å²) in [6.45, 7) is 2.75. The molecule has 192 valence electrons. The fourth-order valence-electron chi connectivity index (χ4n) is 4.81. The Balaban J connectivity index is 1.24. The first-order valence-electron chi connectivity index (χ1n) is 12.5. The van der Waals surface area contributed by atoms with E-state index in [1.165, 1.54) is 4.57 Å². The van der Waals surface area contributed by atoms with Crippen molar-refractivity contribution in [2.75, 3.05) is 6.61 Å². The molecule has 1 aliphatic rings. The van der Waals surface area contributed by atoms with Gasteiger partial charge in [0, 0.05) is 35.8 Å². The van der Waals surface area contributed by atoms with Gasteiger partial charge >= 0.3 is 0 Å². The van der Waals surface area contributed by atoms with Crippen LogP contribution in [-0.2, 0) is 30.4 Å². The Morgan fingerprint density at radius 2 is 1.90 bits per heavy atom. The Morgan fingerprint density at radius 1 is 1.10 bits per heavy atom. The molecule has 0 aliphatic carbocycles. The molecular weight excluding hydrogens is 492 g/mol. The van der Waals surface area contributed by atoms with E-state index in [9.17, 15) is 14.9 Å². The van der Waals surface area contributed by atoms with Gasteiger partial charge in [0.1, 0.15) is 10.9 Å². The molecule has 1 aromatic carbocycles. The zero-order chi connectivity index (χ0) is 27.1. The Labute approximate surface area is 223 Å². The van der Waals surface area contributed by atoms with Gasteiger partial charge in [0.05, 0.1) is 48.4 Å². The number of carbonyl (C=O) groups is 1. The van der Waals surface area contributed by atoms with E-state index in [2.05, 4.69) is 21.4 Å². The minimum atomic E-state index is -0.792. The predicted octanol–water partition coefficient (Wildman–Crippen LogP) is 3.79. The molecule has 0 unspecified atom stereocenters. The summed E-state index contributed by atoms with van der Waals surface area (Å²) in [5.74, 6) is -0.255. The lowest BCUT2D eigenvalue weighted by Crippen LogP contribution is -2.33. The summed E-state index contributed by atoms with van der Waals surface area (Å²) < 4.78 is 7.05. The molecular formula is C30H24N6O3. The maximum absolute atomic E-state index is 13.0. The molecule has 5 aromatic rings. The Morgan fingerprint density at radius 3 is 2.72 bits per heavy atom. The Bertz CT molecular complexity index is 1890. The molecule has 6 rings (SSSR count). The van der Waals surface area contributed by atoms with Crippen molar-refractivity contribution in [2.24, 2.45) is 7.05 Å². The van der Waals surface area contributed by atoms with Crippen molar-refractivity contribution in [3.63, 3.8) is 0 Å². The zero-order valence-corrected chi connectivity index (χ0v) is 21.4. The Kier molecular flexibility index (Phi) is 5.89. The highest BCUT2D eigenvalue weighted by atomic mass is 16.5. The number of nitrogens with zero attached hydrogens (tertiary/aromatic N) is 5. The van der Waals surface area contributed by atoms with Gasteiger partial charge < -0.3 is 14.6 Å². The van der Waals surface area contributed by atoms with Crippen molar-refractivity contribution < 1.29 is 9.53 Å². The summed E-state index contributed by atoms with van der Waals surface area (Å²) in [4.78, 5) is 39.3. The van der Waals surface area contributed by atoms with Crippen LogP contribution in [0, 0.1) is 11.3 Å². The van der Waals surface area contributed by atoms with Crippen molar-refractivity contribution in [3.8, 4) is 17.5 Å². The van der Waals surface area contributed by atoms with E-state index in [4.69, 9.17) is 9.72 Å². The van der Waals surface area contributed by atoms with Crippen molar-refractivity contribution in [2.45, 2.75) is 25.5 Å². The first kappa shape index (κ1) is 24.4. The third-order valence-electron chi connectivity index (χ3n) is 7.11. The minimum Gasteiger partial charge on any atom is -0.375 e. The number of ether oxygens (including phenoxy) is 1. The molecule has 0 saturated carbocycles. The number of nitriles is 1. The van der Waals surface area contributed by atoms with Crippen molar-refractivity contribution in [1.82, 2.24) is 24.8 Å². The number of aryl methyl sites for hydroxylation is 1. The summed E-state index contributed by atoms with van der Waals surface area (Å²) in [5, 5.41) is 14.2. The van der Waals surface area contributed by atoms with Gasteiger partial charge in [-0.2, -0.15) is 5.26 Å². The van der Waals surface area contributed by atoms with E-state index < -0.39 is 5.41 Å². The molecule has 9 heteroatoms. The molecule has 0 spiro atoms. The lowest BCUT2D eigenvalue weighted by atomic mass is 9.79. The van der Waals surface area contributed by atoms with Crippen LogP contribution in [0.5, 0.6) is 0 Å². The second-order valence-corrected chi connectivity index (χ2v) is 9.92. The molecule has 1 atom stereocenters. The van der Waals surface area contributed by atoms with Gasteiger partial charge in [-0.3, -0.25) is 14.6 Å². The van der Waals surface area contributed by atoms with E-state index >= 15 is 0 Å². The summed E-state index contributed by atoms with van der Waals surface area (Å²) in [7, 11) is 1.70. The molecule has 39 heavy (non-hydrogen) atoms. The van der Waals surface area contributed by atoms with Gasteiger partial charge in [0.2, 0.25) is 0 Å². The minimum absolute atomic E-state index is 0.165. The van der Waals surface area contributed by atoms with Gasteiger partial charge in [-0.1, -0.05) is 12.1 Å². The summed E-state index contributed by atoms with van der Waals surface area (Å²) in [5.41, 5.74) is 4.24. The Hall–Kier alpha value is -4.94. The smallest absolute Gasteiger partial charge is 0.276 e. The lowest BCUT2D eigenvalue weighted by molar-refractivity contribution is 0.0757. The number of pyridine rings is 4. The fraction of sp³-hybridized carbons (Fsp3) is 0.200. The van der Waals surface area contributed by atoms with Crippen LogP contribution in [0.4, 0.5) is 0 Å². The number of hydrogen-bond donors (Lipinski definition) is 1. The molecule has 1 aliphatic heterocycles. The third-order valence-corrected chi connectivity index (χ3v) is 7.11. The van der Waals surface area contributed by atoms with E-state index in [-0.39, 0.29) is 18.0 Å². The van der Waals surface area contributed by atoms with Crippen molar-refractivity contribution in [1.29, 1.82) is 5.26 Å². The first-order valence-corrected chi connectivity index (χ1v) is 12.5. The first-order chi connectivity index (χ1) is 18.8. The van der Waals surface area contributed by atoms with Crippen molar-refractivity contribution >= 4 is 27.7 Å². The highest BCUT2D eigenvalue weighted by Gasteiger charge is 2.33. The summed E-state index contributed by atoms with van der Waals surface area (Å²) >= 11 is 0. The van der Waals surface area contributed by atoms with Crippen LogP contribution in [0.25, 0.3) is 33.2 Å². The monoisotopic (exact) mass is 516 g/mol. The van der Waals surface area contributed by atoms with Gasteiger partial charge in [-0.25, -0.2) is 9.97 Å². The number of fused-ring (bicyclic) bond motifs is 3. The molecule has 0 fully saturated rings. The highest BCUT2D eigenvalue weighted by molar-refractivity contribution is 5.94. The number of hydrogen-bond acceptors (Lipinski definition) is 7. The lowest BCUT2D eigenvalue weighted by Gasteiger charge is -2.30. The second-order valence-electron chi connectivity index (χ2n) is 9.92. The van der Waals surface area contributed by atoms with E-state index in [0.29, 0.717) is 46.9 Å². The maximum Gasteiger partial charge on any atom is 0.276 e. The summed E-state index contributed by atoms with van der Waals surface area (Å²) in [6.07, 6.45) is 3.44. The quantitative estimate of drug-likeness (QED) is 0.386. The molecule has 0 radical (unpaired) electrons. The standard InChI is InChI=1S/C30H24N6O3/c1-30(16-31)17-39-15-21-4-3-19(11-23(21)30)28(37)33-14-22-12-26-20(13-32-22)6-8-24(34-26)25-7-5-18-9-10-36(2)29(38)27(18)35-25/h3-13H,14-15,17H2,1-2H3,(H,33,37)/t30-/m1/s1. The molecule has 0 bridgehead atoms. The van der Waals surface area contributed by atoms with Crippen LogP contribution in [0.3, 0.4) is 0 Å². The summed E-state index contributed by atoms with van der Waals surface area (Å²) in [6, 6.07) is 18.8. The number of benzene rings is 1. The van der Waals surface area contributed by atoms with Gasteiger partial charge in [0.15, 0.2) is 0 Å². The number of nitrogens with one attached hydrogen (secondary N) is 1. The highest BCUT2D eigenvalue weighted by Crippen LogP contribution is 2.32. The zero-order valence-electron chi connectivity index (χ0n) is 21.4. The number of amides is 1. The molecule has 5 heterocycles. The van der Waals surface area contributed by atoms with Crippen LogP contribution in [0.2, 0.25) is 0 Å². The molecule has 9 nitrogen and oxygen atoms in total. The number of aromatic nitrogens is 4. The van der Waals surface area contributed by atoms with E-state index in [0.717, 1.165) is 21.9 Å². The number of carbonyl (C=O) groups excluding carboxylic acids is 1. The van der Waals surface area contributed by atoms with Gasteiger partial charge in [0.25, 0.3) is 11.5 Å². The largest absolute Gasteiger partial charge is 0.375 e. The van der Waals surface area contributed by atoms with Crippen LogP contribution >= 0.6 is 0 Å². The molecule has 0 saturated heterocycles. The normalized spacial score (nSPS) is 16.5. The van der Waals surface area contributed by atoms with Crippen molar-refractivity contribution in [3.05, 3.63) is 99.7 Å². The van der Waals surface area contributed by atoms with E-state index in [1.54, 1.807) is 31.6 Å². The van der Waals surface area contributed by atoms with Crippen LogP contribution in [0.1, 0.15) is 34.1 Å². The number of rotatable bonds is 4. The third kappa shape index (κ3) is 4.41. The average molecular weight is 517 g/mol. The van der Waals surface area contributed by atoms with Crippen LogP contribution in [0.15, 0.2) is 71.8 Å². The predicted molar refractivity (Wildman–Crippen MR) is 146 cm³/mol. The average Bonchev–Trinajstić information content (AvgIpc) is 2.97. The van der Waals surface area contributed by atoms with Crippen LogP contribution in [-0.4, -0.2) is 32.0 Å². The van der Waals surface area contributed by atoms with Gasteiger partial charge in [-0.05, 0) is 60.5 Å². The fourth-order valence-corrected chi connectivity index (χ4v) is 4.81. The van der Waals surface area contributed by atoms with Crippen LogP contribution < -0.4 is 10.9 Å². The SMILES string of the molecule is Cn1ccc2ccc(-c3ccc4cnc(CNC(=O)c5ccc6c(c5)[C@](C)(C#N)COC6)cc4n3)nc2c1=O. The molecule has 1 N–H and O–H groups in total. The molecule has 4 aromatic heterocycles. The van der Waals surface area contributed by atoms with E-state index in [1.807, 2.05) is 49.4 Å². The topological polar surface area (TPSA) is 123 Å². The van der Waals surface area contributed by atoms with Gasteiger partial charge in [-0.15, -0.1) is 0 Å². The molecule has 1 amide bonds. The maximum atomic E-state index is 13.0.